The number of quaternary nitrogens is 1. The molecular formula is C33H61NO6. The largest absolute Gasteiger partial charge is 0.550 e. The van der Waals surface area contributed by atoms with Crippen molar-refractivity contribution in [1.29, 1.82) is 0 Å². The standard InChI is InChI=1S/C33H61NO6/c1-5-6-7-8-9-10-11-12-13-14-15-16-17-18-19-20-24-34(25-21-28(2)31(35)36,26-22-29(3)32(37)38)27-23-30(4)33(39)40/h14-15,28-30H,5-13,16-27H2,1-4H3,(H2-,35,36,37,38,39,40)/b15-14+. The number of aliphatic carboxylic acids is 3. The van der Waals surface area contributed by atoms with Crippen LogP contribution in [0.3, 0.4) is 0 Å². The normalized spacial score (nSPS) is 15.5. The summed E-state index contributed by atoms with van der Waals surface area (Å²) in [5.74, 6) is -4.34. The summed E-state index contributed by atoms with van der Waals surface area (Å²) in [6.07, 6.45) is 23.4. The second-order valence-corrected chi connectivity index (χ2v) is 12.2. The lowest BCUT2D eigenvalue weighted by atomic mass is 10.0. The van der Waals surface area contributed by atoms with Gasteiger partial charge in [-0.2, -0.15) is 0 Å². The molecule has 0 bridgehead atoms. The summed E-state index contributed by atoms with van der Waals surface area (Å²) in [4.78, 5) is 34.3. The third-order valence-corrected chi connectivity index (χ3v) is 8.50. The monoisotopic (exact) mass is 567 g/mol. The van der Waals surface area contributed by atoms with Crippen molar-refractivity contribution in [3.63, 3.8) is 0 Å². The molecule has 0 aliphatic carbocycles. The number of unbranched alkanes of at least 4 members (excludes halogenated alkanes) is 12. The topological polar surface area (TPSA) is 115 Å². The van der Waals surface area contributed by atoms with E-state index in [4.69, 9.17) is 0 Å². The maximum absolute atomic E-state index is 11.5. The van der Waals surface area contributed by atoms with Crippen LogP contribution in [0.15, 0.2) is 12.2 Å². The lowest BCUT2D eigenvalue weighted by Gasteiger charge is -2.41. The summed E-state index contributed by atoms with van der Waals surface area (Å²) < 4.78 is 0.575. The van der Waals surface area contributed by atoms with Gasteiger partial charge in [-0.3, -0.25) is 9.59 Å². The molecule has 7 nitrogen and oxygen atoms in total. The van der Waals surface area contributed by atoms with Gasteiger partial charge in [-0.25, -0.2) is 0 Å². The highest BCUT2D eigenvalue weighted by atomic mass is 16.4. The van der Waals surface area contributed by atoms with Crippen LogP contribution in [-0.2, 0) is 14.4 Å². The van der Waals surface area contributed by atoms with Crippen molar-refractivity contribution >= 4 is 17.9 Å². The van der Waals surface area contributed by atoms with Crippen molar-refractivity contribution in [3.8, 4) is 0 Å². The second-order valence-electron chi connectivity index (χ2n) is 12.2. The fourth-order valence-corrected chi connectivity index (χ4v) is 5.13. The number of carboxylic acid groups (broad SMARTS) is 3. The first kappa shape index (κ1) is 38.1. The average molecular weight is 568 g/mol. The van der Waals surface area contributed by atoms with Crippen molar-refractivity contribution in [1.82, 2.24) is 0 Å². The molecule has 3 unspecified atom stereocenters. The number of hydrogen-bond acceptors (Lipinski definition) is 4. The van der Waals surface area contributed by atoms with Gasteiger partial charge in [-0.1, -0.05) is 91.2 Å². The Morgan fingerprint density at radius 2 is 0.975 bits per heavy atom. The van der Waals surface area contributed by atoms with Crippen LogP contribution >= 0.6 is 0 Å². The van der Waals surface area contributed by atoms with Gasteiger partial charge in [-0.15, -0.1) is 0 Å². The maximum Gasteiger partial charge on any atom is 0.306 e. The number of carboxylic acids is 3. The molecule has 234 valence electrons. The SMILES string of the molecule is CCCCCCCCCC/C=C/CCCCCC[N+](CCC(C)C(=O)[O-])(CCC(C)C(=O)O)CCC(C)C(=O)O. The number of hydrogen-bond donors (Lipinski definition) is 2. The molecule has 0 heterocycles. The molecule has 0 fully saturated rings. The zero-order valence-corrected chi connectivity index (χ0v) is 26.2. The van der Waals surface area contributed by atoms with Crippen LogP contribution in [0.1, 0.15) is 137 Å². The van der Waals surface area contributed by atoms with Gasteiger partial charge in [0.1, 0.15) is 0 Å². The average Bonchev–Trinajstić information content (AvgIpc) is 2.92. The van der Waals surface area contributed by atoms with Gasteiger partial charge in [0.05, 0.1) is 38.0 Å². The minimum absolute atomic E-state index is 0.439. The summed E-state index contributed by atoms with van der Waals surface area (Å²) in [5.41, 5.74) is 0. The first-order valence-electron chi connectivity index (χ1n) is 16.2. The van der Waals surface area contributed by atoms with Gasteiger partial charge in [0.25, 0.3) is 0 Å². The predicted octanol–water partition coefficient (Wildman–Crippen LogP) is 6.84. The Morgan fingerprint density at radius 1 is 0.600 bits per heavy atom. The van der Waals surface area contributed by atoms with Crippen LogP contribution in [0.4, 0.5) is 0 Å². The van der Waals surface area contributed by atoms with Crippen LogP contribution < -0.4 is 5.11 Å². The van der Waals surface area contributed by atoms with E-state index < -0.39 is 35.7 Å². The molecule has 0 amide bonds. The lowest BCUT2D eigenvalue weighted by Crippen LogP contribution is -2.52. The number of rotatable bonds is 28. The Kier molecular flexibility index (Phi) is 22.7. The molecule has 0 aromatic rings. The lowest BCUT2D eigenvalue weighted by molar-refractivity contribution is -0.929. The molecule has 0 aromatic heterocycles. The fraction of sp³-hybridized carbons (Fsp3) is 0.848. The van der Waals surface area contributed by atoms with E-state index >= 15 is 0 Å². The molecule has 0 saturated carbocycles. The first-order chi connectivity index (χ1) is 19.0. The van der Waals surface area contributed by atoms with Gasteiger partial charge < -0.3 is 24.6 Å². The maximum atomic E-state index is 11.5. The highest BCUT2D eigenvalue weighted by molar-refractivity contribution is 5.69. The van der Waals surface area contributed by atoms with Crippen molar-refractivity contribution in [2.24, 2.45) is 17.8 Å². The smallest absolute Gasteiger partial charge is 0.306 e. The molecule has 0 aliphatic heterocycles. The molecule has 0 rings (SSSR count). The molecule has 0 radical (unpaired) electrons. The Morgan fingerprint density at radius 3 is 1.38 bits per heavy atom. The van der Waals surface area contributed by atoms with E-state index in [9.17, 15) is 29.7 Å². The van der Waals surface area contributed by atoms with Gasteiger partial charge in [0.15, 0.2) is 0 Å². The van der Waals surface area contributed by atoms with Gasteiger partial charge in [0, 0.05) is 31.1 Å². The van der Waals surface area contributed by atoms with Crippen molar-refractivity contribution in [3.05, 3.63) is 12.2 Å². The van der Waals surface area contributed by atoms with Crippen molar-refractivity contribution < 1.29 is 34.2 Å². The van der Waals surface area contributed by atoms with E-state index in [1.165, 1.54) is 57.8 Å². The Hall–Kier alpha value is -1.89. The van der Waals surface area contributed by atoms with Gasteiger partial charge in [0.2, 0.25) is 0 Å². The minimum Gasteiger partial charge on any atom is -0.550 e. The van der Waals surface area contributed by atoms with E-state index in [-0.39, 0.29) is 0 Å². The van der Waals surface area contributed by atoms with E-state index in [1.807, 2.05) is 0 Å². The van der Waals surface area contributed by atoms with Crippen molar-refractivity contribution in [2.45, 2.75) is 137 Å². The number of nitrogens with zero attached hydrogens (tertiary/aromatic N) is 1. The van der Waals surface area contributed by atoms with E-state index in [0.717, 1.165) is 38.6 Å². The number of allylic oxidation sites excluding steroid dienone is 2. The van der Waals surface area contributed by atoms with Gasteiger partial charge >= 0.3 is 11.9 Å². The van der Waals surface area contributed by atoms with Crippen LogP contribution in [0, 0.1) is 17.8 Å². The summed E-state index contributed by atoms with van der Waals surface area (Å²) in [7, 11) is 0. The molecular weight excluding hydrogens is 506 g/mol. The third-order valence-electron chi connectivity index (χ3n) is 8.50. The first-order valence-corrected chi connectivity index (χ1v) is 16.2. The Bertz CT molecular complexity index is 647. The van der Waals surface area contributed by atoms with E-state index in [0.29, 0.717) is 43.4 Å². The molecule has 0 saturated heterocycles. The van der Waals surface area contributed by atoms with Crippen LogP contribution in [0.5, 0.6) is 0 Å². The Labute approximate surface area is 245 Å². The predicted molar refractivity (Wildman–Crippen MR) is 161 cm³/mol. The zero-order valence-electron chi connectivity index (χ0n) is 26.2. The van der Waals surface area contributed by atoms with Crippen LogP contribution in [0.2, 0.25) is 0 Å². The molecule has 40 heavy (non-hydrogen) atoms. The molecule has 0 aliphatic rings. The molecule has 2 N–H and O–H groups in total. The summed E-state index contributed by atoms with van der Waals surface area (Å²) in [5, 5.41) is 30.2. The summed E-state index contributed by atoms with van der Waals surface area (Å²) >= 11 is 0. The van der Waals surface area contributed by atoms with Crippen molar-refractivity contribution in [2.75, 3.05) is 26.2 Å². The Balaban J connectivity index is 4.69. The second kappa shape index (κ2) is 23.8. The number of carbonyl (C=O) groups excluding carboxylic acids is 1. The van der Waals surface area contributed by atoms with E-state index in [2.05, 4.69) is 19.1 Å². The highest BCUT2D eigenvalue weighted by Gasteiger charge is 2.30. The highest BCUT2D eigenvalue weighted by Crippen LogP contribution is 2.21. The zero-order chi connectivity index (χ0) is 30.2. The minimum atomic E-state index is -1.08. The molecule has 0 spiro atoms. The van der Waals surface area contributed by atoms with Crippen LogP contribution in [0.25, 0.3) is 0 Å². The van der Waals surface area contributed by atoms with E-state index in [1.54, 1.807) is 20.8 Å². The number of carbonyl (C=O) groups is 3. The summed E-state index contributed by atoms with van der Waals surface area (Å²) in [6.45, 7) is 9.92. The third kappa shape index (κ3) is 20.1. The molecule has 0 aromatic carbocycles. The summed E-state index contributed by atoms with van der Waals surface area (Å²) in [6, 6.07) is 0. The van der Waals surface area contributed by atoms with Crippen LogP contribution in [-0.4, -0.2) is 58.8 Å². The molecule has 3 atom stereocenters. The quantitative estimate of drug-likeness (QED) is 0.0608. The molecule has 7 heteroatoms. The fourth-order valence-electron chi connectivity index (χ4n) is 5.13. The van der Waals surface area contributed by atoms with Gasteiger partial charge in [-0.05, 0) is 38.5 Å².